The van der Waals surface area contributed by atoms with Crippen molar-refractivity contribution < 1.29 is 9.21 Å². The van der Waals surface area contributed by atoms with Crippen LogP contribution >= 0.6 is 0 Å². The fourth-order valence-electron chi connectivity index (χ4n) is 1.46. The second-order valence-electron chi connectivity index (χ2n) is 3.38. The smallest absolute Gasteiger partial charge is 0.181 e. The number of rotatable bonds is 3. The first-order valence-corrected chi connectivity index (χ1v) is 4.58. The van der Waals surface area contributed by atoms with Gasteiger partial charge in [-0.3, -0.25) is 0 Å². The first kappa shape index (κ1) is 8.94. The SMILES string of the molecule is CC(CC=O)c1ccc2ocnc2c1. The van der Waals surface area contributed by atoms with E-state index in [9.17, 15) is 4.79 Å². The van der Waals surface area contributed by atoms with Crippen molar-refractivity contribution in [2.75, 3.05) is 0 Å². The third-order valence-corrected chi connectivity index (χ3v) is 2.37. The van der Waals surface area contributed by atoms with Crippen molar-refractivity contribution in [2.45, 2.75) is 19.3 Å². The van der Waals surface area contributed by atoms with Gasteiger partial charge in [0.25, 0.3) is 0 Å². The van der Waals surface area contributed by atoms with E-state index < -0.39 is 0 Å². The van der Waals surface area contributed by atoms with Crippen molar-refractivity contribution in [2.24, 2.45) is 0 Å². The zero-order valence-corrected chi connectivity index (χ0v) is 7.93. The van der Waals surface area contributed by atoms with Crippen LogP contribution in [0.3, 0.4) is 0 Å². The van der Waals surface area contributed by atoms with E-state index >= 15 is 0 Å². The van der Waals surface area contributed by atoms with Crippen LogP contribution in [-0.4, -0.2) is 11.3 Å². The van der Waals surface area contributed by atoms with Gasteiger partial charge in [0, 0.05) is 6.42 Å². The Labute approximate surface area is 81.7 Å². The lowest BCUT2D eigenvalue weighted by Crippen LogP contribution is -1.93. The summed E-state index contributed by atoms with van der Waals surface area (Å²) < 4.78 is 5.13. The molecule has 14 heavy (non-hydrogen) atoms. The van der Waals surface area contributed by atoms with Crippen LogP contribution in [0.1, 0.15) is 24.8 Å². The van der Waals surface area contributed by atoms with Crippen LogP contribution in [0.25, 0.3) is 11.1 Å². The molecule has 0 spiro atoms. The minimum absolute atomic E-state index is 0.244. The van der Waals surface area contributed by atoms with Crippen LogP contribution in [0.5, 0.6) is 0 Å². The second-order valence-corrected chi connectivity index (χ2v) is 3.38. The number of benzene rings is 1. The first-order chi connectivity index (χ1) is 6.81. The van der Waals surface area contributed by atoms with Crippen molar-refractivity contribution in [3.8, 4) is 0 Å². The molecule has 3 nitrogen and oxygen atoms in total. The van der Waals surface area contributed by atoms with E-state index in [-0.39, 0.29) is 5.92 Å². The molecule has 2 rings (SSSR count). The Hall–Kier alpha value is -1.64. The summed E-state index contributed by atoms with van der Waals surface area (Å²) in [6, 6.07) is 5.83. The van der Waals surface area contributed by atoms with E-state index in [1.807, 2.05) is 25.1 Å². The highest BCUT2D eigenvalue weighted by atomic mass is 16.3. The number of carbonyl (C=O) groups is 1. The van der Waals surface area contributed by atoms with E-state index in [1.54, 1.807) is 0 Å². The minimum Gasteiger partial charge on any atom is -0.443 e. The maximum Gasteiger partial charge on any atom is 0.181 e. The highest BCUT2D eigenvalue weighted by Crippen LogP contribution is 2.22. The molecule has 0 aliphatic rings. The normalized spacial score (nSPS) is 12.9. The summed E-state index contributed by atoms with van der Waals surface area (Å²) in [6.45, 7) is 2.02. The fourth-order valence-corrected chi connectivity index (χ4v) is 1.46. The molecule has 0 radical (unpaired) electrons. The van der Waals surface area contributed by atoms with E-state index in [1.165, 1.54) is 6.39 Å². The summed E-state index contributed by atoms with van der Waals surface area (Å²) in [6.07, 6.45) is 2.92. The Balaban J connectivity index is 2.38. The lowest BCUT2D eigenvalue weighted by molar-refractivity contribution is -0.108. The van der Waals surface area contributed by atoms with E-state index in [4.69, 9.17) is 4.42 Å². The molecule has 1 unspecified atom stereocenters. The molecule has 0 saturated carbocycles. The standard InChI is InChI=1S/C11H11NO2/c1-8(4-5-13)9-2-3-11-10(6-9)12-7-14-11/h2-3,5-8H,4H2,1H3. The van der Waals surface area contributed by atoms with Gasteiger partial charge in [-0.1, -0.05) is 13.0 Å². The topological polar surface area (TPSA) is 43.1 Å². The number of aldehydes is 1. The number of fused-ring (bicyclic) bond motifs is 1. The summed E-state index contributed by atoms with van der Waals surface area (Å²) in [5, 5.41) is 0. The predicted octanol–water partition coefficient (Wildman–Crippen LogP) is 2.52. The largest absolute Gasteiger partial charge is 0.443 e. The Morgan fingerprint density at radius 3 is 3.21 bits per heavy atom. The molecular weight excluding hydrogens is 178 g/mol. The summed E-state index contributed by atoms with van der Waals surface area (Å²) in [4.78, 5) is 14.4. The van der Waals surface area contributed by atoms with Gasteiger partial charge in [0.1, 0.15) is 11.8 Å². The van der Waals surface area contributed by atoms with E-state index in [0.29, 0.717) is 6.42 Å². The molecule has 72 valence electrons. The Kier molecular flexibility index (Phi) is 2.31. The van der Waals surface area contributed by atoms with E-state index in [0.717, 1.165) is 22.9 Å². The van der Waals surface area contributed by atoms with Crippen LogP contribution in [-0.2, 0) is 4.79 Å². The van der Waals surface area contributed by atoms with Gasteiger partial charge in [-0.15, -0.1) is 0 Å². The number of oxazole rings is 1. The molecule has 0 N–H and O–H groups in total. The van der Waals surface area contributed by atoms with Crippen LogP contribution in [0.15, 0.2) is 29.0 Å². The van der Waals surface area contributed by atoms with Gasteiger partial charge < -0.3 is 9.21 Å². The summed E-state index contributed by atoms with van der Waals surface area (Å²) in [5.41, 5.74) is 2.76. The summed E-state index contributed by atoms with van der Waals surface area (Å²) in [5.74, 6) is 0.244. The molecule has 1 heterocycles. The molecule has 1 atom stereocenters. The molecule has 1 aromatic heterocycles. The molecule has 2 aromatic rings. The fraction of sp³-hybridized carbons (Fsp3) is 0.273. The second kappa shape index (κ2) is 3.62. The number of carbonyl (C=O) groups excluding carboxylic acids is 1. The third kappa shape index (κ3) is 1.53. The molecule has 0 amide bonds. The van der Waals surface area contributed by atoms with Crippen LogP contribution < -0.4 is 0 Å². The van der Waals surface area contributed by atoms with Gasteiger partial charge in [-0.05, 0) is 23.6 Å². The van der Waals surface area contributed by atoms with Crippen LogP contribution in [0, 0.1) is 0 Å². The van der Waals surface area contributed by atoms with Gasteiger partial charge >= 0.3 is 0 Å². The van der Waals surface area contributed by atoms with Crippen molar-refractivity contribution in [1.29, 1.82) is 0 Å². The van der Waals surface area contributed by atoms with Crippen LogP contribution in [0.4, 0.5) is 0 Å². The van der Waals surface area contributed by atoms with Crippen LogP contribution in [0.2, 0.25) is 0 Å². The zero-order chi connectivity index (χ0) is 9.97. The molecule has 0 fully saturated rings. The average Bonchev–Trinajstić information content (AvgIpc) is 2.64. The number of hydrogen-bond acceptors (Lipinski definition) is 3. The van der Waals surface area contributed by atoms with Crippen molar-refractivity contribution >= 4 is 17.4 Å². The van der Waals surface area contributed by atoms with Crippen molar-refractivity contribution in [1.82, 2.24) is 4.98 Å². The molecule has 0 aliphatic carbocycles. The predicted molar refractivity (Wildman–Crippen MR) is 53.1 cm³/mol. The first-order valence-electron chi connectivity index (χ1n) is 4.58. The van der Waals surface area contributed by atoms with E-state index in [2.05, 4.69) is 4.98 Å². The maximum absolute atomic E-state index is 10.4. The Morgan fingerprint density at radius 1 is 1.57 bits per heavy atom. The van der Waals surface area contributed by atoms with Crippen molar-refractivity contribution in [3.05, 3.63) is 30.2 Å². The average molecular weight is 189 g/mol. The van der Waals surface area contributed by atoms with Crippen molar-refractivity contribution in [3.63, 3.8) is 0 Å². The van der Waals surface area contributed by atoms with Gasteiger partial charge in [0.2, 0.25) is 0 Å². The van der Waals surface area contributed by atoms with Gasteiger partial charge in [-0.25, -0.2) is 4.98 Å². The number of aromatic nitrogens is 1. The summed E-state index contributed by atoms with van der Waals surface area (Å²) in [7, 11) is 0. The third-order valence-electron chi connectivity index (χ3n) is 2.37. The highest BCUT2D eigenvalue weighted by molar-refractivity contribution is 5.73. The number of nitrogens with zero attached hydrogens (tertiary/aromatic N) is 1. The molecule has 0 saturated heterocycles. The zero-order valence-electron chi connectivity index (χ0n) is 7.93. The quantitative estimate of drug-likeness (QED) is 0.697. The molecular formula is C11H11NO2. The molecule has 0 bridgehead atoms. The van der Waals surface area contributed by atoms with Gasteiger partial charge in [0.05, 0.1) is 0 Å². The number of hydrogen-bond donors (Lipinski definition) is 0. The minimum atomic E-state index is 0.244. The Bertz CT molecular complexity index is 447. The molecule has 3 heteroatoms. The Morgan fingerprint density at radius 2 is 2.43 bits per heavy atom. The lowest BCUT2D eigenvalue weighted by Gasteiger charge is -2.06. The summed E-state index contributed by atoms with van der Waals surface area (Å²) >= 11 is 0. The molecule has 0 aliphatic heterocycles. The molecule has 1 aromatic carbocycles. The lowest BCUT2D eigenvalue weighted by atomic mass is 9.98. The monoisotopic (exact) mass is 189 g/mol. The maximum atomic E-state index is 10.4. The van der Waals surface area contributed by atoms with Gasteiger partial charge in [-0.2, -0.15) is 0 Å². The highest BCUT2D eigenvalue weighted by Gasteiger charge is 2.06. The van der Waals surface area contributed by atoms with Gasteiger partial charge in [0.15, 0.2) is 12.0 Å².